The first kappa shape index (κ1) is 16.7. The van der Waals surface area contributed by atoms with E-state index >= 15 is 0 Å². The van der Waals surface area contributed by atoms with Gasteiger partial charge < -0.3 is 4.98 Å². The minimum atomic E-state index is 0.0842. The van der Waals surface area contributed by atoms with Crippen molar-refractivity contribution in [1.82, 2.24) is 9.88 Å². The number of rotatable bonds is 4. The van der Waals surface area contributed by atoms with Gasteiger partial charge in [-0.25, -0.2) is 0 Å². The number of fused-ring (bicyclic) bond motifs is 1. The highest BCUT2D eigenvalue weighted by Crippen LogP contribution is 2.23. The van der Waals surface area contributed by atoms with Gasteiger partial charge in [0.25, 0.3) is 0 Å². The van der Waals surface area contributed by atoms with Crippen molar-refractivity contribution in [1.29, 1.82) is 0 Å². The fourth-order valence-corrected chi connectivity index (χ4v) is 3.20. The molecule has 2 aromatic carbocycles. The van der Waals surface area contributed by atoms with Crippen LogP contribution >= 0.6 is 11.6 Å². The maximum Gasteiger partial charge on any atom is 0.194 e. The highest BCUT2D eigenvalue weighted by atomic mass is 35.5. The van der Waals surface area contributed by atoms with Crippen LogP contribution in [0.25, 0.3) is 10.9 Å². The summed E-state index contributed by atoms with van der Waals surface area (Å²) in [6.45, 7) is 5.29. The van der Waals surface area contributed by atoms with Crippen LogP contribution in [0.4, 0.5) is 0 Å². The number of pyridine rings is 1. The van der Waals surface area contributed by atoms with Crippen molar-refractivity contribution in [3.8, 4) is 0 Å². The van der Waals surface area contributed by atoms with Gasteiger partial charge in [0.1, 0.15) is 0 Å². The van der Waals surface area contributed by atoms with Crippen LogP contribution in [0.1, 0.15) is 22.4 Å². The van der Waals surface area contributed by atoms with E-state index in [1.54, 1.807) is 6.07 Å². The number of aryl methyl sites for hydroxylation is 2. The third kappa shape index (κ3) is 3.23. The summed E-state index contributed by atoms with van der Waals surface area (Å²) in [4.78, 5) is 18.4. The van der Waals surface area contributed by atoms with E-state index in [4.69, 9.17) is 11.6 Å². The van der Waals surface area contributed by atoms with Crippen molar-refractivity contribution in [3.05, 3.63) is 80.1 Å². The van der Waals surface area contributed by atoms with E-state index in [0.717, 1.165) is 28.9 Å². The fourth-order valence-electron chi connectivity index (χ4n) is 3.04. The molecule has 3 aromatic rings. The average molecular weight is 341 g/mol. The predicted octanol–water partition coefficient (Wildman–Crippen LogP) is 4.43. The molecule has 0 atom stereocenters. The maximum absolute atomic E-state index is 12.9. The smallest absolute Gasteiger partial charge is 0.194 e. The molecule has 0 saturated heterocycles. The van der Waals surface area contributed by atoms with E-state index in [9.17, 15) is 4.79 Å². The van der Waals surface area contributed by atoms with Crippen LogP contribution < -0.4 is 5.43 Å². The molecule has 3 rings (SSSR count). The number of hydrogen-bond acceptors (Lipinski definition) is 2. The van der Waals surface area contributed by atoms with Gasteiger partial charge in [-0.2, -0.15) is 0 Å². The number of H-pyrrole nitrogens is 1. The van der Waals surface area contributed by atoms with E-state index < -0.39 is 0 Å². The van der Waals surface area contributed by atoms with Crippen molar-refractivity contribution in [2.45, 2.75) is 26.9 Å². The molecule has 1 aromatic heterocycles. The van der Waals surface area contributed by atoms with Crippen LogP contribution in [0.15, 0.2) is 47.3 Å². The molecule has 0 unspecified atom stereocenters. The Balaban J connectivity index is 1.95. The third-order valence-electron chi connectivity index (χ3n) is 4.41. The first-order valence-corrected chi connectivity index (χ1v) is 8.38. The maximum atomic E-state index is 12.9. The van der Waals surface area contributed by atoms with Gasteiger partial charge in [-0.05, 0) is 44.2 Å². The van der Waals surface area contributed by atoms with Crippen molar-refractivity contribution >= 4 is 22.5 Å². The Morgan fingerprint density at radius 3 is 2.46 bits per heavy atom. The minimum absolute atomic E-state index is 0.0842. The summed E-state index contributed by atoms with van der Waals surface area (Å²) in [6.07, 6.45) is 0. The van der Waals surface area contributed by atoms with Gasteiger partial charge in [-0.3, -0.25) is 9.69 Å². The lowest BCUT2D eigenvalue weighted by Crippen LogP contribution is -2.24. The highest BCUT2D eigenvalue weighted by molar-refractivity contribution is 6.32. The molecule has 24 heavy (non-hydrogen) atoms. The van der Waals surface area contributed by atoms with Crippen LogP contribution in [-0.2, 0) is 13.1 Å². The zero-order chi connectivity index (χ0) is 17.3. The van der Waals surface area contributed by atoms with Crippen LogP contribution in [0.2, 0.25) is 5.02 Å². The molecule has 0 aliphatic rings. The molecule has 1 N–H and O–H groups in total. The Morgan fingerprint density at radius 1 is 1.04 bits per heavy atom. The van der Waals surface area contributed by atoms with Gasteiger partial charge in [0, 0.05) is 34.8 Å². The van der Waals surface area contributed by atoms with Crippen molar-refractivity contribution in [3.63, 3.8) is 0 Å². The van der Waals surface area contributed by atoms with Crippen molar-refractivity contribution in [2.24, 2.45) is 0 Å². The van der Waals surface area contributed by atoms with Crippen LogP contribution in [-0.4, -0.2) is 16.9 Å². The summed E-state index contributed by atoms with van der Waals surface area (Å²) in [6, 6.07) is 13.9. The molecular formula is C20H21ClN2O. The summed E-state index contributed by atoms with van der Waals surface area (Å²) >= 11 is 6.18. The summed E-state index contributed by atoms with van der Waals surface area (Å²) in [7, 11) is 2.03. The number of nitrogens with one attached hydrogen (secondary N) is 1. The number of nitrogens with zero attached hydrogens (tertiary/aromatic N) is 1. The Kier molecular flexibility index (Phi) is 4.74. The molecule has 0 spiro atoms. The second kappa shape index (κ2) is 6.80. The number of aromatic nitrogens is 1. The first-order valence-electron chi connectivity index (χ1n) is 8.00. The predicted molar refractivity (Wildman–Crippen MR) is 101 cm³/mol. The fraction of sp³-hybridized carbons (Fsp3) is 0.250. The van der Waals surface area contributed by atoms with E-state index in [1.807, 2.05) is 45.2 Å². The molecular weight excluding hydrogens is 320 g/mol. The summed E-state index contributed by atoms with van der Waals surface area (Å²) in [5.41, 5.74) is 4.77. The van der Waals surface area contributed by atoms with Gasteiger partial charge >= 0.3 is 0 Å². The monoisotopic (exact) mass is 340 g/mol. The summed E-state index contributed by atoms with van der Waals surface area (Å²) in [5.74, 6) is 0. The van der Waals surface area contributed by atoms with Gasteiger partial charge in [-0.15, -0.1) is 0 Å². The Bertz CT molecular complexity index is 932. The number of halogens is 1. The van der Waals surface area contributed by atoms with E-state index in [0.29, 0.717) is 17.0 Å². The molecule has 1 heterocycles. The van der Waals surface area contributed by atoms with E-state index in [2.05, 4.69) is 22.0 Å². The van der Waals surface area contributed by atoms with Gasteiger partial charge in [0.05, 0.1) is 5.52 Å². The quantitative estimate of drug-likeness (QED) is 0.762. The van der Waals surface area contributed by atoms with Crippen LogP contribution in [0.5, 0.6) is 0 Å². The Morgan fingerprint density at radius 2 is 1.75 bits per heavy atom. The van der Waals surface area contributed by atoms with Gasteiger partial charge in [0.2, 0.25) is 0 Å². The standard InChI is InChI=1S/C20H21ClN2O/c1-13-18(21)10-9-16-19(13)22-14(2)17(20(16)24)12-23(3)11-15-7-5-4-6-8-15/h4-10H,11-12H2,1-3H3,(H,22,24). The number of benzene rings is 2. The highest BCUT2D eigenvalue weighted by Gasteiger charge is 2.14. The zero-order valence-electron chi connectivity index (χ0n) is 14.2. The topological polar surface area (TPSA) is 36.1 Å². The molecule has 124 valence electrons. The average Bonchev–Trinajstić information content (AvgIpc) is 2.56. The Hall–Kier alpha value is -2.10. The lowest BCUT2D eigenvalue weighted by molar-refractivity contribution is 0.317. The SMILES string of the molecule is Cc1[nH]c2c(C)c(Cl)ccc2c(=O)c1CN(C)Cc1ccccc1. The number of aromatic amines is 1. The van der Waals surface area contributed by atoms with Gasteiger partial charge in [-0.1, -0.05) is 41.9 Å². The number of hydrogen-bond donors (Lipinski definition) is 1. The molecule has 3 nitrogen and oxygen atoms in total. The first-order chi connectivity index (χ1) is 11.5. The lowest BCUT2D eigenvalue weighted by Gasteiger charge is -2.18. The Labute approximate surface area is 146 Å². The van der Waals surface area contributed by atoms with Crippen molar-refractivity contribution in [2.75, 3.05) is 7.05 Å². The van der Waals surface area contributed by atoms with E-state index in [-0.39, 0.29) is 5.43 Å². The molecule has 0 radical (unpaired) electrons. The molecule has 0 saturated carbocycles. The zero-order valence-corrected chi connectivity index (χ0v) is 14.9. The van der Waals surface area contributed by atoms with E-state index in [1.165, 1.54) is 5.56 Å². The molecule has 4 heteroatoms. The lowest BCUT2D eigenvalue weighted by atomic mass is 10.1. The van der Waals surface area contributed by atoms with Crippen LogP contribution in [0.3, 0.4) is 0 Å². The van der Waals surface area contributed by atoms with Gasteiger partial charge in [0.15, 0.2) is 5.43 Å². The normalized spacial score (nSPS) is 11.4. The molecule has 0 aliphatic heterocycles. The summed E-state index contributed by atoms with van der Waals surface area (Å²) < 4.78 is 0. The largest absolute Gasteiger partial charge is 0.358 e. The third-order valence-corrected chi connectivity index (χ3v) is 4.82. The molecule has 0 fully saturated rings. The molecule has 0 amide bonds. The minimum Gasteiger partial charge on any atom is -0.358 e. The summed E-state index contributed by atoms with van der Waals surface area (Å²) in [5, 5.41) is 1.37. The molecule has 0 bridgehead atoms. The second-order valence-corrected chi connectivity index (χ2v) is 6.72. The van der Waals surface area contributed by atoms with Crippen molar-refractivity contribution < 1.29 is 0 Å². The molecule has 0 aliphatic carbocycles. The second-order valence-electron chi connectivity index (χ2n) is 6.31. The van der Waals surface area contributed by atoms with Crippen LogP contribution in [0, 0.1) is 13.8 Å².